The molecule has 0 saturated heterocycles. The molecule has 0 heterocycles. The van der Waals surface area contributed by atoms with Gasteiger partial charge in [-0.25, -0.2) is 9.59 Å². The lowest BCUT2D eigenvalue weighted by Gasteiger charge is -2.16. The van der Waals surface area contributed by atoms with E-state index in [1.54, 1.807) is 0 Å². The Labute approximate surface area is 175 Å². The highest BCUT2D eigenvalue weighted by atomic mass is 32.1. The van der Waals surface area contributed by atoms with E-state index in [2.05, 4.69) is 18.1 Å². The Bertz CT molecular complexity index is 972. The molecule has 0 unspecified atom stereocenters. The first-order chi connectivity index (χ1) is 14.3. The van der Waals surface area contributed by atoms with Crippen molar-refractivity contribution in [3.8, 4) is 0 Å². The van der Waals surface area contributed by atoms with Crippen molar-refractivity contribution in [2.24, 2.45) is 0 Å². The molecule has 1 atom stereocenters. The average molecular weight is 433 g/mol. The molecule has 0 spiro atoms. The van der Waals surface area contributed by atoms with Crippen LogP contribution in [0, 0.1) is 20.2 Å². The summed E-state index contributed by atoms with van der Waals surface area (Å²) in [5.74, 6) is 0.586. The molecule has 11 nitrogen and oxygen atoms in total. The number of carbonyl (C=O) groups is 1. The molecule has 0 saturated carbocycles. The molecule has 0 aliphatic carbocycles. The molecule has 0 fully saturated rings. The summed E-state index contributed by atoms with van der Waals surface area (Å²) in [5, 5.41) is 21.3. The zero-order valence-corrected chi connectivity index (χ0v) is 16.1. The highest BCUT2D eigenvalue weighted by molar-refractivity contribution is 7.85. The molecule has 0 aromatic heterocycles. The predicted molar refractivity (Wildman–Crippen MR) is 106 cm³/mol. The minimum Gasteiger partial charge on any atom is -0.459 e. The fourth-order valence-electron chi connectivity index (χ4n) is 2.15. The standard InChI is InChI=1S/C18H15N3O8S/c22-9-16(30)17(19-29-11-13-3-7-15(8-4-13)21(26)27)18(23)28-10-12-1-5-14(6-2-12)20(24)25/h1-8,17,19,30H,10-11H2/t17-/m1/s1. The molecule has 30 heavy (non-hydrogen) atoms. The first kappa shape index (κ1) is 22.7. The second-order valence-electron chi connectivity index (χ2n) is 5.78. The Morgan fingerprint density at radius 3 is 1.87 bits per heavy atom. The molecule has 0 aliphatic rings. The molecule has 156 valence electrons. The average Bonchev–Trinajstić information content (AvgIpc) is 2.75. The third kappa shape index (κ3) is 6.50. The summed E-state index contributed by atoms with van der Waals surface area (Å²) in [7, 11) is 0. The van der Waals surface area contributed by atoms with Crippen molar-refractivity contribution in [1.82, 2.24) is 5.48 Å². The maximum atomic E-state index is 12.3. The van der Waals surface area contributed by atoms with Gasteiger partial charge < -0.3 is 4.74 Å². The number of ether oxygens (including phenoxy) is 1. The molecule has 0 aliphatic heterocycles. The van der Waals surface area contributed by atoms with E-state index in [1.165, 1.54) is 54.5 Å². The van der Waals surface area contributed by atoms with E-state index in [0.29, 0.717) is 11.1 Å². The summed E-state index contributed by atoms with van der Waals surface area (Å²) in [4.78, 5) is 48.2. The van der Waals surface area contributed by atoms with Crippen LogP contribution in [0.4, 0.5) is 11.4 Å². The smallest absolute Gasteiger partial charge is 0.331 e. The number of nitrogens with zero attached hydrogens (tertiary/aromatic N) is 2. The van der Waals surface area contributed by atoms with E-state index in [4.69, 9.17) is 9.57 Å². The van der Waals surface area contributed by atoms with Crippen molar-refractivity contribution in [1.29, 1.82) is 0 Å². The van der Waals surface area contributed by atoms with Crippen LogP contribution in [-0.4, -0.2) is 27.8 Å². The summed E-state index contributed by atoms with van der Waals surface area (Å²) in [6.45, 7) is -0.263. The fraction of sp³-hybridized carbons (Fsp3) is 0.167. The van der Waals surface area contributed by atoms with Crippen molar-refractivity contribution in [3.05, 3.63) is 84.8 Å². The minimum atomic E-state index is -1.36. The number of hydroxylamine groups is 1. The molecule has 2 aromatic carbocycles. The van der Waals surface area contributed by atoms with Crippen LogP contribution in [0.2, 0.25) is 0 Å². The fourth-order valence-corrected chi connectivity index (χ4v) is 2.31. The first-order valence-electron chi connectivity index (χ1n) is 8.26. The van der Waals surface area contributed by atoms with Gasteiger partial charge in [0.25, 0.3) is 11.4 Å². The van der Waals surface area contributed by atoms with Gasteiger partial charge in [-0.1, -0.05) is 0 Å². The topological polar surface area (TPSA) is 151 Å². The second-order valence-corrected chi connectivity index (χ2v) is 6.26. The number of carbonyl (C=O) groups excluding carboxylic acids is 2. The monoisotopic (exact) mass is 433 g/mol. The zero-order chi connectivity index (χ0) is 22.1. The van der Waals surface area contributed by atoms with Crippen LogP contribution < -0.4 is 5.48 Å². The number of hydrogen-bond acceptors (Lipinski definition) is 10. The lowest BCUT2D eigenvalue weighted by atomic mass is 10.2. The second kappa shape index (κ2) is 10.8. The molecule has 0 bridgehead atoms. The number of benzene rings is 2. The van der Waals surface area contributed by atoms with Crippen molar-refractivity contribution in [3.63, 3.8) is 0 Å². The van der Waals surface area contributed by atoms with E-state index in [1.807, 2.05) is 0 Å². The third-order valence-corrected chi connectivity index (χ3v) is 4.08. The van der Waals surface area contributed by atoms with Crippen LogP contribution in [0.25, 0.3) is 0 Å². The van der Waals surface area contributed by atoms with Gasteiger partial charge in [0.1, 0.15) is 12.5 Å². The Morgan fingerprint density at radius 1 is 0.967 bits per heavy atom. The van der Waals surface area contributed by atoms with E-state index < -0.39 is 21.9 Å². The number of nitro groups is 2. The molecule has 0 radical (unpaired) electrons. The highest BCUT2D eigenvalue weighted by Crippen LogP contribution is 2.15. The highest BCUT2D eigenvalue weighted by Gasteiger charge is 2.24. The lowest BCUT2D eigenvalue weighted by molar-refractivity contribution is -0.385. The van der Waals surface area contributed by atoms with E-state index >= 15 is 0 Å². The van der Waals surface area contributed by atoms with Crippen molar-refractivity contribution in [2.45, 2.75) is 19.3 Å². The largest absolute Gasteiger partial charge is 0.459 e. The lowest BCUT2D eigenvalue weighted by Crippen LogP contribution is -2.38. The summed E-state index contributed by atoms with van der Waals surface area (Å²) in [5.41, 5.74) is 3.22. The Hall–Kier alpha value is -3.57. The van der Waals surface area contributed by atoms with Crippen LogP contribution in [0.3, 0.4) is 0 Å². The van der Waals surface area contributed by atoms with Crippen molar-refractivity contribution in [2.75, 3.05) is 0 Å². The van der Waals surface area contributed by atoms with Gasteiger partial charge in [0.05, 0.1) is 21.4 Å². The van der Waals surface area contributed by atoms with Gasteiger partial charge in [-0.15, -0.1) is 12.6 Å². The number of esters is 1. The number of non-ortho nitro benzene ring substituents is 2. The van der Waals surface area contributed by atoms with Gasteiger partial charge in [-0.05, 0) is 35.4 Å². The normalized spacial score (nSPS) is 11.2. The number of nitro benzene ring substituents is 2. The summed E-state index contributed by atoms with van der Waals surface area (Å²) < 4.78 is 5.08. The van der Waals surface area contributed by atoms with Gasteiger partial charge in [0.2, 0.25) is 0 Å². The molecule has 12 heteroatoms. The molecule has 1 N–H and O–H groups in total. The third-order valence-electron chi connectivity index (χ3n) is 3.73. The first-order valence-corrected chi connectivity index (χ1v) is 8.71. The van der Waals surface area contributed by atoms with Gasteiger partial charge in [0, 0.05) is 24.3 Å². The molecule has 2 rings (SSSR count). The van der Waals surface area contributed by atoms with Crippen molar-refractivity contribution >= 4 is 35.9 Å². The Balaban J connectivity index is 1.92. The number of thiol groups is 1. The van der Waals surface area contributed by atoms with Gasteiger partial charge in [0.15, 0.2) is 6.04 Å². The van der Waals surface area contributed by atoms with Gasteiger partial charge >= 0.3 is 5.97 Å². The number of rotatable bonds is 10. The minimum absolute atomic E-state index is 0.0654. The summed E-state index contributed by atoms with van der Waals surface area (Å²) in [6.07, 6.45) is 0. The summed E-state index contributed by atoms with van der Waals surface area (Å²) >= 11 is 3.88. The van der Waals surface area contributed by atoms with Crippen LogP contribution >= 0.6 is 12.6 Å². The van der Waals surface area contributed by atoms with Crippen LogP contribution in [0.1, 0.15) is 11.1 Å². The van der Waals surface area contributed by atoms with Crippen molar-refractivity contribution < 1.29 is 29.0 Å². The number of hydrogen-bond donors (Lipinski definition) is 2. The molecular weight excluding hydrogens is 418 g/mol. The molecule has 0 amide bonds. The summed E-state index contributed by atoms with van der Waals surface area (Å²) in [6, 6.07) is 9.56. The van der Waals surface area contributed by atoms with Crippen LogP contribution in [-0.2, 0) is 32.4 Å². The molecule has 2 aromatic rings. The number of nitrogens with one attached hydrogen (secondary N) is 1. The Morgan fingerprint density at radius 2 is 1.43 bits per heavy atom. The molecular formula is C18H15N3O8S. The van der Waals surface area contributed by atoms with Crippen LogP contribution in [0.15, 0.2) is 53.4 Å². The van der Waals surface area contributed by atoms with Crippen LogP contribution in [0.5, 0.6) is 0 Å². The quantitative estimate of drug-likeness (QED) is 0.189. The van der Waals surface area contributed by atoms with E-state index in [-0.39, 0.29) is 29.5 Å². The SMILES string of the molecule is O=C=C(S)[C@@H](NOCc1ccc([N+](=O)[O-])cc1)C(=O)OCc1ccc([N+](=O)[O-])cc1. The van der Waals surface area contributed by atoms with E-state index in [9.17, 15) is 29.8 Å². The maximum Gasteiger partial charge on any atom is 0.331 e. The predicted octanol–water partition coefficient (Wildman–Crippen LogP) is 2.28. The Kier molecular flexibility index (Phi) is 8.20. The van der Waals surface area contributed by atoms with Gasteiger partial charge in [-0.2, -0.15) is 5.48 Å². The van der Waals surface area contributed by atoms with Gasteiger partial charge in [-0.3, -0.25) is 25.1 Å². The maximum absolute atomic E-state index is 12.3. The van der Waals surface area contributed by atoms with E-state index in [0.717, 1.165) is 0 Å². The zero-order valence-electron chi connectivity index (χ0n) is 15.2.